The smallest absolute Gasteiger partial charge is 0.431 e. The van der Waals surface area contributed by atoms with Crippen molar-refractivity contribution in [3.8, 4) is 23.0 Å². The number of ether oxygens (including phenoxy) is 6. The van der Waals surface area contributed by atoms with Crippen LogP contribution in [0.15, 0.2) is 207 Å². The number of aldehydes is 1. The number of methoxy groups -OCH3 is 6. The van der Waals surface area contributed by atoms with Crippen LogP contribution in [0.4, 0.5) is 26.3 Å². The molecule has 7 atom stereocenters. The van der Waals surface area contributed by atoms with Crippen LogP contribution in [-0.4, -0.2) is 145 Å². The summed E-state index contributed by atoms with van der Waals surface area (Å²) in [6.45, 7) is 43.9. The van der Waals surface area contributed by atoms with E-state index in [-0.39, 0.29) is 63.7 Å². The first-order valence-corrected chi connectivity index (χ1v) is 43.7. The fraction of sp³-hybridized carbons (Fsp3) is 0.411. The number of rotatable bonds is 25. The molecule has 1 unspecified atom stereocenters. The molecule has 1 saturated heterocycles. The highest BCUT2D eigenvalue weighted by Gasteiger charge is 2.65. The van der Waals surface area contributed by atoms with E-state index in [1.165, 1.54) is 73.3 Å². The first kappa shape index (κ1) is 113. The van der Waals surface area contributed by atoms with Crippen molar-refractivity contribution in [1.82, 2.24) is 36.7 Å². The predicted octanol–water partition coefficient (Wildman–Crippen LogP) is 19.7. The second-order valence-electron chi connectivity index (χ2n) is 33.4. The number of amides is 5. The van der Waals surface area contributed by atoms with Gasteiger partial charge in [0.25, 0.3) is 46.0 Å². The summed E-state index contributed by atoms with van der Waals surface area (Å²) in [6, 6.07) is 44.5. The van der Waals surface area contributed by atoms with Gasteiger partial charge in [-0.15, -0.1) is 30.8 Å². The Hall–Kier alpha value is -10.5. The van der Waals surface area contributed by atoms with E-state index in [1.54, 1.807) is 104 Å². The molecule has 0 aromatic heterocycles. The van der Waals surface area contributed by atoms with Crippen molar-refractivity contribution >= 4 is 77.7 Å². The minimum absolute atomic E-state index is 0.0187. The Kier molecular flexibility index (Phi) is 45.1. The number of hydrazine groups is 3. The summed E-state index contributed by atoms with van der Waals surface area (Å²) in [5.41, 5.74) is 10.8. The molecule has 7 aromatic rings. The Balaban J connectivity index is 0.000000526. The third-order valence-electron chi connectivity index (χ3n) is 19.8. The SMILES string of the molecule is C=CC[C@@H](N(NC(=O)c1cccc(OC)c1C)C(=O)[C@@](OC)(c1ccccc1)C(F)(F)F)C(C)(C)C.C=CC[C@@H](NNC(=O)c1cccc(OC)c1C)C(C)(C)C.C=CC[Si]1(Cl)O[C@@H](c2ccccc2)[C@H](C)N1C.CC(C)(C)C=O.CO[C@](C(=O)Cl)(c1ccccc1)C(F)(F)F.COc1cccc(C(=O)NN)c1C.COc1cccc(C(=O)NN=CC(C)(C)C)c1C. The molecule has 0 saturated carbocycles. The third kappa shape index (κ3) is 32.0. The number of hydrogen-bond acceptors (Lipinski definition) is 18. The van der Waals surface area contributed by atoms with Crippen molar-refractivity contribution in [1.29, 1.82) is 0 Å². The second kappa shape index (κ2) is 50.9. The second-order valence-corrected chi connectivity index (χ2v) is 38.2. The summed E-state index contributed by atoms with van der Waals surface area (Å²) >= 11 is 11.7. The van der Waals surface area contributed by atoms with Crippen LogP contribution in [0.25, 0.3) is 0 Å². The van der Waals surface area contributed by atoms with Gasteiger partial charge in [-0.1, -0.05) is 217 Å². The minimum atomic E-state index is -5.15. The summed E-state index contributed by atoms with van der Waals surface area (Å²) in [5.74, 6) is 4.59. The first-order chi connectivity index (χ1) is 59.1. The molecule has 127 heavy (non-hydrogen) atoms. The Bertz CT molecular complexity index is 4760. The maximum atomic E-state index is 14.7. The van der Waals surface area contributed by atoms with E-state index < -0.39 is 65.4 Å². The van der Waals surface area contributed by atoms with Crippen molar-refractivity contribution in [2.75, 3.05) is 49.7 Å². The zero-order chi connectivity index (χ0) is 97.0. The molecule has 32 heteroatoms. The van der Waals surface area contributed by atoms with E-state index in [0.717, 1.165) is 66.8 Å². The quantitative estimate of drug-likeness (QED) is 0.00296. The summed E-state index contributed by atoms with van der Waals surface area (Å²) in [4.78, 5) is 83.7. The lowest BCUT2D eigenvalue weighted by molar-refractivity contribution is -0.273. The molecule has 1 heterocycles. The number of nitrogen functional groups attached to an aromatic ring is 1. The molecule has 0 spiro atoms. The van der Waals surface area contributed by atoms with Gasteiger partial charge >= 0.3 is 20.1 Å². The van der Waals surface area contributed by atoms with Gasteiger partial charge in [-0.2, -0.15) is 31.4 Å². The molecule has 0 radical (unpaired) electrons. The van der Waals surface area contributed by atoms with Gasteiger partial charge in [0, 0.05) is 99.6 Å². The van der Waals surface area contributed by atoms with Crippen LogP contribution in [0.1, 0.15) is 189 Å². The highest BCUT2D eigenvalue weighted by molar-refractivity contribution is 7.15. The lowest BCUT2D eigenvalue weighted by Crippen LogP contribution is -2.65. The average Bonchev–Trinajstić information content (AvgIpc) is 1.21. The number of carbonyl (C=O) groups excluding carboxylic acids is 7. The summed E-state index contributed by atoms with van der Waals surface area (Å²) in [7, 11) is 7.54. The highest BCUT2D eigenvalue weighted by Crippen LogP contribution is 2.47. The van der Waals surface area contributed by atoms with Gasteiger partial charge in [-0.3, -0.25) is 49.6 Å². The van der Waals surface area contributed by atoms with Crippen LogP contribution in [0.5, 0.6) is 23.0 Å². The van der Waals surface area contributed by atoms with E-state index in [0.29, 0.717) is 51.3 Å². The highest BCUT2D eigenvalue weighted by atomic mass is 35.6. The van der Waals surface area contributed by atoms with Crippen LogP contribution in [-0.2, 0) is 39.5 Å². The number of halogens is 8. The van der Waals surface area contributed by atoms with Crippen molar-refractivity contribution in [2.45, 2.75) is 184 Å². The van der Waals surface area contributed by atoms with E-state index in [2.05, 4.69) is 108 Å². The van der Waals surface area contributed by atoms with Gasteiger partial charge in [0.05, 0.1) is 40.6 Å². The van der Waals surface area contributed by atoms with Gasteiger partial charge in [0.15, 0.2) is 0 Å². The normalized spacial score (nSPS) is 15.8. The largest absolute Gasteiger partial charge is 0.496 e. The van der Waals surface area contributed by atoms with Crippen molar-refractivity contribution in [3.05, 3.63) is 263 Å². The number of hydrazone groups is 1. The molecule has 1 fully saturated rings. The molecule has 7 aromatic carbocycles. The van der Waals surface area contributed by atoms with Gasteiger partial charge in [-0.05, 0) is 136 Å². The number of likely N-dealkylation sites (N-methyl/N-ethyl adjacent to an activating group) is 1. The molecule has 23 nitrogen and oxygen atoms in total. The van der Waals surface area contributed by atoms with Crippen LogP contribution >= 0.6 is 22.7 Å². The minimum Gasteiger partial charge on any atom is -0.496 e. The van der Waals surface area contributed by atoms with Crippen LogP contribution in [0, 0.1) is 49.4 Å². The van der Waals surface area contributed by atoms with Crippen LogP contribution in [0.2, 0.25) is 6.04 Å². The maximum Gasteiger partial charge on any atom is 0.431 e. The Morgan fingerprint density at radius 1 is 0.535 bits per heavy atom. The van der Waals surface area contributed by atoms with E-state index in [9.17, 15) is 59.9 Å². The lowest BCUT2D eigenvalue weighted by atomic mass is 9.82. The molecule has 0 bridgehead atoms. The van der Waals surface area contributed by atoms with E-state index in [4.69, 9.17) is 56.6 Å². The molecule has 8 rings (SSSR count). The number of hydrogen-bond donors (Lipinski definition) is 6. The van der Waals surface area contributed by atoms with Gasteiger partial charge in [-0.25, -0.2) is 21.7 Å². The number of nitrogens with zero attached hydrogens (tertiary/aromatic N) is 3. The van der Waals surface area contributed by atoms with Gasteiger partial charge in [0.2, 0.25) is 0 Å². The average molecular weight is 1830 g/mol. The fourth-order valence-electron chi connectivity index (χ4n) is 12.4. The molecule has 5 amide bonds. The van der Waals surface area contributed by atoms with E-state index >= 15 is 0 Å². The zero-order valence-electron chi connectivity index (χ0n) is 77.2. The number of alkyl halides is 6. The first-order valence-electron chi connectivity index (χ1n) is 40.2. The van der Waals surface area contributed by atoms with Crippen LogP contribution < -0.4 is 51.9 Å². The third-order valence-corrected chi connectivity index (χ3v) is 24.5. The Labute approximate surface area is 755 Å². The lowest BCUT2D eigenvalue weighted by Gasteiger charge is -2.44. The van der Waals surface area contributed by atoms with Crippen molar-refractivity contribution < 1.29 is 92.8 Å². The van der Waals surface area contributed by atoms with Gasteiger partial charge in [0.1, 0.15) is 29.3 Å². The number of nitrogens with two attached hydrogens (primary N) is 1. The monoisotopic (exact) mass is 1830 g/mol. The molecule has 0 aliphatic carbocycles. The zero-order valence-corrected chi connectivity index (χ0v) is 79.7. The summed E-state index contributed by atoms with van der Waals surface area (Å²) in [6.07, 6.45) is -1.25. The Morgan fingerprint density at radius 2 is 0.906 bits per heavy atom. The topological polar surface area (TPSA) is 289 Å². The van der Waals surface area contributed by atoms with Crippen LogP contribution in [0.3, 0.4) is 0 Å². The summed E-state index contributed by atoms with van der Waals surface area (Å²) in [5, 5.41) is 3.08. The standard InChI is InChI=1S/C27H33F3N2O4.C17H26N2O2.C14H20N2O2.C13H18ClNOSi.C10H8ClF3O2.C9H12N2O2.C5H10O/c1-8-13-22(25(3,4)5)32(31-23(33)20-16-12-17-21(35-6)18(20)2)24(34)26(36-7,27(28,29)30)19-14-10-9-11-15-19;1-7-9-15(17(3,4)5)18-19-16(20)13-10-8-11-14(21-6)12(13)2;1-10-11(7-6-8-12(10)18-5)13(17)16-15-9-14(2,3)4;1-4-10-17(14)15(3)11(2)13(16-17)12-8-6-5-7-9-12;1-16-9(8(11)15,10(12,13)14)7-5-3-2-4-6-7;1-6-7(9(12)11-10)4-3-5-8(6)13-2;1-5(2,3)4-6/h8-12,14-17,22H,1,13H2,2-7H3,(H,31,33);7-8,10-11,15,18H,1,9H2,2-6H3,(H,19,20);6-9H,1-5H3,(H,16,17);4-9,11,13H,1,10H2,2-3H3;2-6H,1H3;3-5H,10H2,1-2H3,(H,11,12);4H,1-3H3/t22-,26+;15-;;11-,13+,17?;9-;;/m11.00../s1. The fourth-order valence-corrected chi connectivity index (χ4v) is 16.1. The summed E-state index contributed by atoms with van der Waals surface area (Å²) < 4.78 is 121. The van der Waals surface area contributed by atoms with Crippen molar-refractivity contribution in [3.63, 3.8) is 0 Å². The van der Waals surface area contributed by atoms with E-state index in [1.807, 2.05) is 111 Å². The maximum absolute atomic E-state index is 14.7. The van der Waals surface area contributed by atoms with Gasteiger partial charge < -0.3 is 37.6 Å². The number of carbonyl (C=O) groups is 7. The molecule has 696 valence electrons. The molecule has 1 aliphatic heterocycles. The number of nitrogens with one attached hydrogen (secondary N) is 5. The predicted molar refractivity (Wildman–Crippen MR) is 492 cm³/mol. The number of allylic oxidation sites excluding steroid dienone is 1. The Morgan fingerprint density at radius 3 is 1.23 bits per heavy atom. The van der Waals surface area contributed by atoms with Crippen molar-refractivity contribution in [2.24, 2.45) is 32.6 Å². The molecular formula is C95H127Cl2F6N9O14Si. The molecule has 1 aliphatic rings. The number of benzene rings is 7. The molecular weight excluding hydrogens is 1700 g/mol. The molecule has 7 N–H and O–H groups in total.